The molecular formula is C18H30IN3O2. The molecule has 1 saturated heterocycles. The molecular weight excluding hydrogens is 417 g/mol. The zero-order valence-electron chi connectivity index (χ0n) is 15.1. The Bertz CT molecular complexity index is 561. The largest absolute Gasteiger partial charge is 0.504 e. The van der Waals surface area contributed by atoms with Crippen LogP contribution in [0.15, 0.2) is 23.2 Å². The molecule has 5 nitrogen and oxygen atoms in total. The first-order valence-electron chi connectivity index (χ1n) is 8.35. The monoisotopic (exact) mass is 447 g/mol. The van der Waals surface area contributed by atoms with Crippen molar-refractivity contribution in [1.29, 1.82) is 0 Å². The number of hydrogen-bond acceptors (Lipinski definition) is 3. The zero-order chi connectivity index (χ0) is 16.9. The molecule has 1 heterocycles. The van der Waals surface area contributed by atoms with Crippen LogP contribution in [0.1, 0.15) is 32.8 Å². The minimum Gasteiger partial charge on any atom is -0.504 e. The van der Waals surface area contributed by atoms with E-state index in [1.165, 1.54) is 6.42 Å². The third-order valence-electron chi connectivity index (χ3n) is 4.26. The number of phenolic OH excluding ortho intramolecular Hbond substituents is 1. The molecule has 1 aromatic carbocycles. The van der Waals surface area contributed by atoms with Crippen LogP contribution < -0.4 is 10.1 Å². The number of benzene rings is 1. The fourth-order valence-electron chi connectivity index (χ4n) is 2.94. The van der Waals surface area contributed by atoms with Gasteiger partial charge in [0.2, 0.25) is 0 Å². The predicted octanol–water partition coefficient (Wildman–Crippen LogP) is 3.26. The fourth-order valence-corrected chi connectivity index (χ4v) is 2.94. The highest BCUT2D eigenvalue weighted by molar-refractivity contribution is 14.0. The molecule has 136 valence electrons. The number of guanidine groups is 1. The van der Waals surface area contributed by atoms with Crippen LogP contribution in [0.4, 0.5) is 0 Å². The molecule has 1 aliphatic rings. The minimum atomic E-state index is 0. The Morgan fingerprint density at radius 3 is 2.75 bits per heavy atom. The molecule has 0 atom stereocenters. The second-order valence-electron chi connectivity index (χ2n) is 6.79. The molecule has 0 aromatic heterocycles. The van der Waals surface area contributed by atoms with E-state index in [2.05, 4.69) is 31.0 Å². The number of phenols is 1. The highest BCUT2D eigenvalue weighted by Gasteiger charge is 2.30. The molecule has 0 amide bonds. The van der Waals surface area contributed by atoms with E-state index < -0.39 is 0 Å². The molecule has 1 aliphatic heterocycles. The van der Waals surface area contributed by atoms with Crippen LogP contribution in [-0.2, 0) is 6.42 Å². The molecule has 0 spiro atoms. The van der Waals surface area contributed by atoms with Crippen LogP contribution >= 0.6 is 24.0 Å². The first-order chi connectivity index (χ1) is 11.0. The highest BCUT2D eigenvalue weighted by Crippen LogP contribution is 2.30. The van der Waals surface area contributed by atoms with Gasteiger partial charge < -0.3 is 20.1 Å². The molecule has 2 rings (SSSR count). The maximum absolute atomic E-state index is 10.1. The number of para-hydroxylation sites is 1. The number of aliphatic imine (C=N–C) groups is 1. The Labute approximate surface area is 162 Å². The summed E-state index contributed by atoms with van der Waals surface area (Å²) in [5, 5.41) is 13.5. The smallest absolute Gasteiger partial charge is 0.193 e. The van der Waals surface area contributed by atoms with Crippen molar-refractivity contribution in [3.63, 3.8) is 0 Å². The summed E-state index contributed by atoms with van der Waals surface area (Å²) in [4.78, 5) is 7.06. The van der Waals surface area contributed by atoms with Gasteiger partial charge in [0.1, 0.15) is 0 Å². The molecule has 0 aliphatic carbocycles. The Hall–Kier alpha value is -1.18. The number of ether oxygens (including phenoxy) is 1. The molecule has 6 heteroatoms. The van der Waals surface area contributed by atoms with E-state index in [-0.39, 0.29) is 29.7 Å². The Morgan fingerprint density at radius 2 is 2.17 bits per heavy atom. The number of nitrogens with zero attached hydrogens (tertiary/aromatic N) is 2. The third kappa shape index (κ3) is 5.43. The summed E-state index contributed by atoms with van der Waals surface area (Å²) in [6, 6.07) is 5.57. The summed E-state index contributed by atoms with van der Waals surface area (Å²) in [6.07, 6.45) is 1.88. The van der Waals surface area contributed by atoms with Crippen molar-refractivity contribution in [3.8, 4) is 11.5 Å². The molecule has 0 bridgehead atoms. The van der Waals surface area contributed by atoms with Gasteiger partial charge in [-0.1, -0.05) is 26.0 Å². The number of halogens is 1. The molecule has 2 N–H and O–H groups in total. The number of hydrogen-bond donors (Lipinski definition) is 2. The molecule has 24 heavy (non-hydrogen) atoms. The van der Waals surface area contributed by atoms with Gasteiger partial charge in [-0.25, -0.2) is 0 Å². The lowest BCUT2D eigenvalue weighted by molar-refractivity contribution is 0.369. The van der Waals surface area contributed by atoms with Crippen molar-refractivity contribution in [1.82, 2.24) is 10.2 Å². The summed E-state index contributed by atoms with van der Waals surface area (Å²) in [6.45, 7) is 10.3. The van der Waals surface area contributed by atoms with Crippen molar-refractivity contribution in [2.45, 2.75) is 33.6 Å². The number of nitrogens with one attached hydrogen (secondary N) is 1. The zero-order valence-corrected chi connectivity index (χ0v) is 17.5. The Morgan fingerprint density at radius 1 is 1.42 bits per heavy atom. The third-order valence-corrected chi connectivity index (χ3v) is 4.26. The lowest BCUT2D eigenvalue weighted by Gasteiger charge is -2.23. The summed E-state index contributed by atoms with van der Waals surface area (Å²) in [7, 11) is 1.56. The van der Waals surface area contributed by atoms with E-state index in [1.807, 2.05) is 12.1 Å². The van der Waals surface area contributed by atoms with E-state index in [9.17, 15) is 5.11 Å². The molecule has 0 unspecified atom stereocenters. The second-order valence-corrected chi connectivity index (χ2v) is 6.79. The van der Waals surface area contributed by atoms with Gasteiger partial charge in [-0.15, -0.1) is 24.0 Å². The standard InChI is InChI=1S/C18H29N3O2.HI/c1-5-19-17(21-12-10-18(2,3)13-21)20-11-9-14-7-6-8-15(23-4)16(14)22;/h6-8,22H,5,9-13H2,1-4H3,(H,19,20);1H. The number of aromatic hydroxyl groups is 1. The minimum absolute atomic E-state index is 0. The van der Waals surface area contributed by atoms with E-state index in [0.717, 1.165) is 31.2 Å². The van der Waals surface area contributed by atoms with Crippen LogP contribution in [0.2, 0.25) is 0 Å². The van der Waals surface area contributed by atoms with Gasteiger partial charge in [0.25, 0.3) is 0 Å². The van der Waals surface area contributed by atoms with Crippen molar-refractivity contribution in [3.05, 3.63) is 23.8 Å². The van der Waals surface area contributed by atoms with Gasteiger partial charge in [0, 0.05) is 26.2 Å². The number of likely N-dealkylation sites (tertiary alicyclic amines) is 1. The van der Waals surface area contributed by atoms with Gasteiger partial charge >= 0.3 is 0 Å². The molecule has 1 fully saturated rings. The van der Waals surface area contributed by atoms with Gasteiger partial charge in [-0.3, -0.25) is 4.99 Å². The average molecular weight is 447 g/mol. The molecule has 0 saturated carbocycles. The predicted molar refractivity (Wildman–Crippen MR) is 110 cm³/mol. The van der Waals surface area contributed by atoms with Crippen LogP contribution in [0.25, 0.3) is 0 Å². The lowest BCUT2D eigenvalue weighted by atomic mass is 9.93. The fraction of sp³-hybridized carbons (Fsp3) is 0.611. The van der Waals surface area contributed by atoms with Crippen LogP contribution in [0.3, 0.4) is 0 Å². The van der Waals surface area contributed by atoms with Crippen molar-refractivity contribution < 1.29 is 9.84 Å². The topological polar surface area (TPSA) is 57.1 Å². The maximum atomic E-state index is 10.1. The lowest BCUT2D eigenvalue weighted by Crippen LogP contribution is -2.40. The Balaban J connectivity index is 0.00000288. The van der Waals surface area contributed by atoms with Crippen LogP contribution in [0.5, 0.6) is 11.5 Å². The van der Waals surface area contributed by atoms with Crippen LogP contribution in [-0.4, -0.2) is 49.3 Å². The van der Waals surface area contributed by atoms with Crippen molar-refractivity contribution in [2.24, 2.45) is 10.4 Å². The maximum Gasteiger partial charge on any atom is 0.193 e. The summed E-state index contributed by atoms with van der Waals surface area (Å²) < 4.78 is 5.15. The normalized spacial score (nSPS) is 16.7. The first kappa shape index (κ1) is 20.9. The summed E-state index contributed by atoms with van der Waals surface area (Å²) in [5.74, 6) is 1.71. The second kappa shape index (κ2) is 9.34. The summed E-state index contributed by atoms with van der Waals surface area (Å²) >= 11 is 0. The van der Waals surface area contributed by atoms with Gasteiger partial charge in [-0.2, -0.15) is 0 Å². The van der Waals surface area contributed by atoms with Gasteiger partial charge in [0.05, 0.1) is 7.11 Å². The number of methoxy groups -OCH3 is 1. The average Bonchev–Trinajstić information content (AvgIpc) is 2.88. The van der Waals surface area contributed by atoms with Gasteiger partial charge in [-0.05, 0) is 36.8 Å². The van der Waals surface area contributed by atoms with E-state index in [4.69, 9.17) is 9.73 Å². The quantitative estimate of drug-likeness (QED) is 0.414. The van der Waals surface area contributed by atoms with Crippen molar-refractivity contribution in [2.75, 3.05) is 33.3 Å². The van der Waals surface area contributed by atoms with Crippen molar-refractivity contribution >= 4 is 29.9 Å². The Kier molecular flexibility index (Phi) is 8.12. The first-order valence-corrected chi connectivity index (χ1v) is 8.35. The van der Waals surface area contributed by atoms with E-state index in [1.54, 1.807) is 13.2 Å². The molecule has 0 radical (unpaired) electrons. The SMILES string of the molecule is CCNC(=NCCc1cccc(OC)c1O)N1CCC(C)(C)C1.I. The van der Waals surface area contributed by atoms with E-state index in [0.29, 0.717) is 24.1 Å². The molecule has 1 aromatic rings. The van der Waals surface area contributed by atoms with Gasteiger partial charge in [0.15, 0.2) is 17.5 Å². The van der Waals surface area contributed by atoms with E-state index >= 15 is 0 Å². The number of rotatable bonds is 5. The van der Waals surface area contributed by atoms with Crippen LogP contribution in [0, 0.1) is 5.41 Å². The highest BCUT2D eigenvalue weighted by atomic mass is 127. The summed E-state index contributed by atoms with van der Waals surface area (Å²) in [5.41, 5.74) is 1.21.